The number of aromatic nitrogens is 2. The van der Waals surface area contributed by atoms with Gasteiger partial charge in [0, 0.05) is 18.7 Å². The van der Waals surface area contributed by atoms with Crippen molar-refractivity contribution in [1.82, 2.24) is 9.78 Å². The number of nitrogens with zero attached hydrogens (tertiary/aromatic N) is 2. The highest BCUT2D eigenvalue weighted by molar-refractivity contribution is 5.17. The lowest BCUT2D eigenvalue weighted by molar-refractivity contribution is 0.497. The van der Waals surface area contributed by atoms with Crippen molar-refractivity contribution in [2.24, 2.45) is 7.05 Å². The first kappa shape index (κ1) is 15.3. The Hall–Kier alpha value is -0.790. The summed E-state index contributed by atoms with van der Waals surface area (Å²) in [4.78, 5) is 0. The molecule has 1 aromatic rings. The Labute approximate surface area is 113 Å². The molecule has 0 aliphatic carbocycles. The van der Waals surface area contributed by atoms with E-state index in [-0.39, 0.29) is 0 Å². The van der Waals surface area contributed by atoms with Crippen molar-refractivity contribution in [3.63, 3.8) is 0 Å². The molecule has 0 N–H and O–H groups in total. The van der Waals surface area contributed by atoms with Gasteiger partial charge >= 0.3 is 0 Å². The largest absolute Gasteiger partial charge is 0.272 e. The zero-order valence-electron chi connectivity index (χ0n) is 12.9. The molecule has 1 aromatic heterocycles. The fourth-order valence-corrected chi connectivity index (χ4v) is 2.60. The average Bonchev–Trinajstić information content (AvgIpc) is 2.71. The van der Waals surface area contributed by atoms with E-state index in [9.17, 15) is 0 Å². The molecular weight excluding hydrogens is 220 g/mol. The Morgan fingerprint density at radius 1 is 1.11 bits per heavy atom. The van der Waals surface area contributed by atoms with Crippen LogP contribution in [0, 0.1) is 0 Å². The van der Waals surface area contributed by atoms with Crippen molar-refractivity contribution in [1.29, 1.82) is 0 Å². The molecule has 1 rings (SSSR count). The van der Waals surface area contributed by atoms with Gasteiger partial charge in [-0.2, -0.15) is 5.10 Å². The van der Waals surface area contributed by atoms with Crippen LogP contribution in [0.25, 0.3) is 0 Å². The standard InChI is InChI=1S/C16H30N2/c1-6-8-9-11-14(10-7-2)16-12-15(13(3)4)17-18(16)5/h12-14H,6-11H2,1-5H3. The molecule has 0 radical (unpaired) electrons. The van der Waals surface area contributed by atoms with Crippen molar-refractivity contribution in [2.45, 2.75) is 78.1 Å². The fourth-order valence-electron chi connectivity index (χ4n) is 2.60. The molecule has 0 aliphatic rings. The SMILES string of the molecule is CCCCCC(CCC)c1cc(C(C)C)nn1C. The second-order valence-corrected chi connectivity index (χ2v) is 5.75. The molecule has 0 saturated heterocycles. The van der Waals surface area contributed by atoms with Gasteiger partial charge in [-0.3, -0.25) is 4.68 Å². The highest BCUT2D eigenvalue weighted by Crippen LogP contribution is 2.29. The van der Waals surface area contributed by atoms with E-state index in [4.69, 9.17) is 0 Å². The Morgan fingerprint density at radius 2 is 1.83 bits per heavy atom. The molecular formula is C16H30N2. The summed E-state index contributed by atoms with van der Waals surface area (Å²) in [5.41, 5.74) is 2.68. The van der Waals surface area contributed by atoms with Crippen molar-refractivity contribution >= 4 is 0 Å². The average molecular weight is 250 g/mol. The molecule has 104 valence electrons. The normalized spacial score (nSPS) is 13.2. The highest BCUT2D eigenvalue weighted by Gasteiger charge is 2.17. The minimum atomic E-state index is 0.530. The number of rotatable bonds is 8. The topological polar surface area (TPSA) is 17.8 Å². The summed E-state index contributed by atoms with van der Waals surface area (Å²) in [5, 5.41) is 4.66. The van der Waals surface area contributed by atoms with E-state index in [1.807, 2.05) is 0 Å². The second kappa shape index (κ2) is 7.60. The first-order valence-corrected chi connectivity index (χ1v) is 7.63. The summed E-state index contributed by atoms with van der Waals surface area (Å²) in [7, 11) is 2.10. The molecule has 0 aromatic carbocycles. The van der Waals surface area contributed by atoms with Crippen LogP contribution in [0.15, 0.2) is 6.07 Å². The third-order valence-electron chi connectivity index (χ3n) is 3.74. The molecule has 1 heterocycles. The minimum absolute atomic E-state index is 0.530. The summed E-state index contributed by atoms with van der Waals surface area (Å²) in [6.45, 7) is 9.00. The summed E-state index contributed by atoms with van der Waals surface area (Å²) < 4.78 is 2.11. The first-order chi connectivity index (χ1) is 8.60. The lowest BCUT2D eigenvalue weighted by Gasteiger charge is -2.16. The van der Waals surface area contributed by atoms with Crippen LogP contribution < -0.4 is 0 Å². The summed E-state index contributed by atoms with van der Waals surface area (Å²) in [6.07, 6.45) is 7.89. The van der Waals surface area contributed by atoms with Crippen LogP contribution in [0.2, 0.25) is 0 Å². The zero-order valence-corrected chi connectivity index (χ0v) is 12.9. The van der Waals surface area contributed by atoms with Gasteiger partial charge in [-0.1, -0.05) is 53.4 Å². The summed E-state index contributed by atoms with van der Waals surface area (Å²) in [5.74, 6) is 1.23. The molecule has 0 bridgehead atoms. The van der Waals surface area contributed by atoms with Gasteiger partial charge in [-0.15, -0.1) is 0 Å². The Balaban J connectivity index is 2.77. The maximum Gasteiger partial charge on any atom is 0.0652 e. The maximum absolute atomic E-state index is 4.66. The predicted octanol–water partition coefficient (Wildman–Crippen LogP) is 5.01. The van der Waals surface area contributed by atoms with E-state index in [1.165, 1.54) is 49.9 Å². The van der Waals surface area contributed by atoms with Crippen LogP contribution in [0.5, 0.6) is 0 Å². The molecule has 1 unspecified atom stereocenters. The molecule has 0 aliphatic heterocycles. The van der Waals surface area contributed by atoms with Gasteiger partial charge in [0.15, 0.2) is 0 Å². The van der Waals surface area contributed by atoms with E-state index in [0.29, 0.717) is 11.8 Å². The van der Waals surface area contributed by atoms with E-state index in [2.05, 4.69) is 50.6 Å². The second-order valence-electron chi connectivity index (χ2n) is 5.75. The molecule has 2 nitrogen and oxygen atoms in total. The molecule has 0 amide bonds. The molecule has 1 atom stereocenters. The van der Waals surface area contributed by atoms with Gasteiger partial charge in [-0.25, -0.2) is 0 Å². The third-order valence-corrected chi connectivity index (χ3v) is 3.74. The smallest absolute Gasteiger partial charge is 0.0652 e. The van der Waals surface area contributed by atoms with E-state index >= 15 is 0 Å². The van der Waals surface area contributed by atoms with Crippen molar-refractivity contribution in [3.05, 3.63) is 17.5 Å². The van der Waals surface area contributed by atoms with Crippen LogP contribution in [0.1, 0.15) is 89.4 Å². The third kappa shape index (κ3) is 4.15. The quantitative estimate of drug-likeness (QED) is 0.593. The lowest BCUT2D eigenvalue weighted by Crippen LogP contribution is -2.06. The Morgan fingerprint density at radius 3 is 2.33 bits per heavy atom. The number of aryl methyl sites for hydroxylation is 1. The van der Waals surface area contributed by atoms with Crippen molar-refractivity contribution < 1.29 is 0 Å². The highest BCUT2D eigenvalue weighted by atomic mass is 15.3. The van der Waals surface area contributed by atoms with Gasteiger partial charge in [0.25, 0.3) is 0 Å². The number of hydrogen-bond donors (Lipinski definition) is 0. The fraction of sp³-hybridized carbons (Fsp3) is 0.812. The van der Waals surface area contributed by atoms with Crippen LogP contribution in [0.4, 0.5) is 0 Å². The summed E-state index contributed by atoms with van der Waals surface area (Å²) in [6, 6.07) is 2.33. The molecule has 0 saturated carbocycles. The van der Waals surface area contributed by atoms with Crippen LogP contribution in [-0.2, 0) is 7.05 Å². The van der Waals surface area contributed by atoms with Crippen LogP contribution in [-0.4, -0.2) is 9.78 Å². The van der Waals surface area contributed by atoms with Gasteiger partial charge in [-0.05, 0) is 24.8 Å². The molecule has 2 heteroatoms. The van der Waals surface area contributed by atoms with Crippen LogP contribution >= 0.6 is 0 Å². The first-order valence-electron chi connectivity index (χ1n) is 7.63. The number of hydrogen-bond acceptors (Lipinski definition) is 1. The Kier molecular flexibility index (Phi) is 6.45. The van der Waals surface area contributed by atoms with Gasteiger partial charge in [0.05, 0.1) is 5.69 Å². The molecule has 0 fully saturated rings. The maximum atomic E-state index is 4.66. The molecule has 0 spiro atoms. The minimum Gasteiger partial charge on any atom is -0.272 e. The number of unbranched alkanes of at least 4 members (excludes halogenated alkanes) is 2. The van der Waals surface area contributed by atoms with Crippen molar-refractivity contribution in [3.8, 4) is 0 Å². The summed E-state index contributed by atoms with van der Waals surface area (Å²) >= 11 is 0. The lowest BCUT2D eigenvalue weighted by atomic mass is 9.92. The van der Waals surface area contributed by atoms with Gasteiger partial charge in [0.2, 0.25) is 0 Å². The zero-order chi connectivity index (χ0) is 13.5. The van der Waals surface area contributed by atoms with Crippen molar-refractivity contribution in [2.75, 3.05) is 0 Å². The van der Waals surface area contributed by atoms with E-state index in [1.54, 1.807) is 0 Å². The Bertz CT molecular complexity index is 339. The van der Waals surface area contributed by atoms with Crippen LogP contribution in [0.3, 0.4) is 0 Å². The van der Waals surface area contributed by atoms with Gasteiger partial charge in [0.1, 0.15) is 0 Å². The van der Waals surface area contributed by atoms with Gasteiger partial charge < -0.3 is 0 Å². The molecule has 18 heavy (non-hydrogen) atoms. The predicted molar refractivity (Wildman–Crippen MR) is 79.1 cm³/mol. The monoisotopic (exact) mass is 250 g/mol. The van der Waals surface area contributed by atoms with E-state index < -0.39 is 0 Å². The van der Waals surface area contributed by atoms with E-state index in [0.717, 1.165) is 0 Å².